The van der Waals surface area contributed by atoms with Gasteiger partial charge in [0.15, 0.2) is 5.78 Å². The topological polar surface area (TPSA) is 26.3 Å². The molecule has 0 aliphatic heterocycles. The molecule has 0 heterocycles. The third-order valence-corrected chi connectivity index (χ3v) is 2.64. The quantitative estimate of drug-likeness (QED) is 0.766. The van der Waals surface area contributed by atoms with E-state index in [4.69, 9.17) is 23.2 Å². The standard InChI is InChI=1S/C10H8Cl2F2O2/c1-2-7(15)5-3-6(11)9(12)8(4-5)16-10(13)14/h3-4,10H,2H2,1H3. The van der Waals surface area contributed by atoms with Crippen molar-refractivity contribution in [3.63, 3.8) is 0 Å². The molecule has 0 aliphatic rings. The van der Waals surface area contributed by atoms with Crippen molar-refractivity contribution in [3.8, 4) is 5.75 Å². The molecule has 0 fully saturated rings. The van der Waals surface area contributed by atoms with Crippen LogP contribution in [-0.4, -0.2) is 12.4 Å². The fraction of sp³-hybridized carbons (Fsp3) is 0.300. The summed E-state index contributed by atoms with van der Waals surface area (Å²) >= 11 is 11.3. The highest BCUT2D eigenvalue weighted by Crippen LogP contribution is 2.34. The van der Waals surface area contributed by atoms with E-state index >= 15 is 0 Å². The second-order valence-corrected chi connectivity index (χ2v) is 3.71. The molecular formula is C10H8Cl2F2O2. The largest absolute Gasteiger partial charge is 0.433 e. The molecule has 0 aliphatic carbocycles. The van der Waals surface area contributed by atoms with Crippen molar-refractivity contribution in [3.05, 3.63) is 27.7 Å². The maximum absolute atomic E-state index is 12.0. The minimum absolute atomic E-state index is 0.0108. The van der Waals surface area contributed by atoms with Crippen molar-refractivity contribution in [2.75, 3.05) is 0 Å². The molecule has 1 aromatic carbocycles. The highest BCUT2D eigenvalue weighted by Gasteiger charge is 2.15. The van der Waals surface area contributed by atoms with Crippen LogP contribution in [0.25, 0.3) is 0 Å². The number of hydrogen-bond acceptors (Lipinski definition) is 2. The number of halogens is 4. The van der Waals surface area contributed by atoms with E-state index in [0.717, 1.165) is 6.07 Å². The van der Waals surface area contributed by atoms with Gasteiger partial charge in [-0.3, -0.25) is 4.79 Å². The molecule has 0 spiro atoms. The minimum Gasteiger partial charge on any atom is -0.433 e. The van der Waals surface area contributed by atoms with Gasteiger partial charge < -0.3 is 4.74 Å². The zero-order chi connectivity index (χ0) is 12.3. The molecule has 0 saturated heterocycles. The summed E-state index contributed by atoms with van der Waals surface area (Å²) in [4.78, 5) is 11.4. The molecule has 2 nitrogen and oxygen atoms in total. The third kappa shape index (κ3) is 3.06. The Morgan fingerprint density at radius 2 is 2.06 bits per heavy atom. The lowest BCUT2D eigenvalue weighted by Gasteiger charge is -2.09. The molecule has 0 bridgehead atoms. The number of Topliss-reactive ketones (excluding diaryl/α,β-unsaturated/α-hetero) is 1. The van der Waals surface area contributed by atoms with E-state index in [1.54, 1.807) is 6.92 Å². The molecule has 88 valence electrons. The fourth-order valence-electron chi connectivity index (χ4n) is 1.11. The molecule has 0 amide bonds. The minimum atomic E-state index is -3.01. The molecule has 6 heteroatoms. The monoisotopic (exact) mass is 268 g/mol. The van der Waals surface area contributed by atoms with Crippen molar-refractivity contribution in [2.24, 2.45) is 0 Å². The Hall–Kier alpha value is -0.870. The first-order chi connectivity index (χ1) is 7.45. The lowest BCUT2D eigenvalue weighted by Crippen LogP contribution is -2.04. The predicted octanol–water partition coefficient (Wildman–Crippen LogP) is 4.19. The number of ketones is 1. The molecule has 1 rings (SSSR count). The Bertz CT molecular complexity index is 408. The molecule has 0 atom stereocenters. The average molecular weight is 269 g/mol. The van der Waals surface area contributed by atoms with Crippen LogP contribution in [0, 0.1) is 0 Å². The third-order valence-electron chi connectivity index (χ3n) is 1.85. The van der Waals surface area contributed by atoms with Crippen LogP contribution in [0.15, 0.2) is 12.1 Å². The lowest BCUT2D eigenvalue weighted by molar-refractivity contribution is -0.0498. The Morgan fingerprint density at radius 3 is 2.56 bits per heavy atom. The van der Waals surface area contributed by atoms with Gasteiger partial charge in [0, 0.05) is 12.0 Å². The zero-order valence-electron chi connectivity index (χ0n) is 8.27. The van der Waals surface area contributed by atoms with Gasteiger partial charge in [0.05, 0.1) is 5.02 Å². The van der Waals surface area contributed by atoms with Crippen LogP contribution < -0.4 is 4.74 Å². The van der Waals surface area contributed by atoms with Gasteiger partial charge in [0.25, 0.3) is 0 Å². The number of carbonyl (C=O) groups excluding carboxylic acids is 1. The number of rotatable bonds is 4. The van der Waals surface area contributed by atoms with Crippen LogP contribution in [0.3, 0.4) is 0 Å². The fourth-order valence-corrected chi connectivity index (χ4v) is 1.48. The zero-order valence-corrected chi connectivity index (χ0v) is 9.78. The Kier molecular flexibility index (Phi) is 4.50. The molecule has 0 unspecified atom stereocenters. The van der Waals surface area contributed by atoms with Crippen molar-refractivity contribution in [1.29, 1.82) is 0 Å². The normalized spacial score (nSPS) is 10.6. The van der Waals surface area contributed by atoms with Crippen molar-refractivity contribution in [1.82, 2.24) is 0 Å². The maximum atomic E-state index is 12.0. The summed E-state index contributed by atoms with van der Waals surface area (Å²) in [5, 5.41) is -0.119. The van der Waals surface area contributed by atoms with Crippen LogP contribution in [-0.2, 0) is 0 Å². The van der Waals surface area contributed by atoms with Gasteiger partial charge >= 0.3 is 6.61 Å². The van der Waals surface area contributed by atoms with Crippen LogP contribution in [0.2, 0.25) is 10.0 Å². The van der Waals surface area contributed by atoms with Gasteiger partial charge in [-0.15, -0.1) is 0 Å². The summed E-state index contributed by atoms with van der Waals surface area (Å²) in [6.45, 7) is -1.36. The van der Waals surface area contributed by atoms with E-state index in [9.17, 15) is 13.6 Å². The first-order valence-corrected chi connectivity index (χ1v) is 5.18. The maximum Gasteiger partial charge on any atom is 0.387 e. The Labute approximate surface area is 101 Å². The van der Waals surface area contributed by atoms with Gasteiger partial charge in [0.1, 0.15) is 10.8 Å². The number of carbonyl (C=O) groups is 1. The number of hydrogen-bond donors (Lipinski definition) is 0. The van der Waals surface area contributed by atoms with Crippen LogP contribution in [0.1, 0.15) is 23.7 Å². The number of alkyl halides is 2. The van der Waals surface area contributed by atoms with Crippen molar-refractivity contribution >= 4 is 29.0 Å². The van der Waals surface area contributed by atoms with Crippen molar-refractivity contribution < 1.29 is 18.3 Å². The van der Waals surface area contributed by atoms with E-state index in [-0.39, 0.29) is 33.6 Å². The van der Waals surface area contributed by atoms with E-state index in [1.807, 2.05) is 0 Å². The summed E-state index contributed by atoms with van der Waals surface area (Å²) < 4.78 is 28.2. The lowest BCUT2D eigenvalue weighted by atomic mass is 10.1. The second-order valence-electron chi connectivity index (χ2n) is 2.93. The van der Waals surface area contributed by atoms with Crippen LogP contribution in [0.5, 0.6) is 5.75 Å². The first-order valence-electron chi connectivity index (χ1n) is 4.42. The summed E-state index contributed by atoms with van der Waals surface area (Å²) in [6, 6.07) is 2.49. The first kappa shape index (κ1) is 13.2. The van der Waals surface area contributed by atoms with E-state index in [0.29, 0.717) is 0 Å². The average Bonchev–Trinajstić information content (AvgIpc) is 2.22. The molecule has 1 aromatic rings. The van der Waals surface area contributed by atoms with E-state index in [2.05, 4.69) is 4.74 Å². The molecule has 0 saturated carbocycles. The van der Waals surface area contributed by atoms with E-state index in [1.165, 1.54) is 6.07 Å². The van der Waals surface area contributed by atoms with Gasteiger partial charge in [-0.2, -0.15) is 8.78 Å². The second kappa shape index (κ2) is 5.46. The highest BCUT2D eigenvalue weighted by molar-refractivity contribution is 6.43. The number of ether oxygens (including phenoxy) is 1. The smallest absolute Gasteiger partial charge is 0.387 e. The molecule has 0 N–H and O–H groups in total. The number of benzene rings is 1. The Balaban J connectivity index is 3.16. The molecule has 16 heavy (non-hydrogen) atoms. The predicted molar refractivity (Wildman–Crippen MR) is 57.7 cm³/mol. The van der Waals surface area contributed by atoms with Crippen LogP contribution in [0.4, 0.5) is 8.78 Å². The summed E-state index contributed by atoms with van der Waals surface area (Å²) in [5.74, 6) is -0.515. The SMILES string of the molecule is CCC(=O)c1cc(Cl)c(Cl)c(OC(F)F)c1. The Morgan fingerprint density at radius 1 is 1.44 bits per heavy atom. The molecule has 0 radical (unpaired) electrons. The van der Waals surface area contributed by atoms with Gasteiger partial charge in [0.2, 0.25) is 0 Å². The summed E-state index contributed by atoms with van der Waals surface area (Å²) in [6.07, 6.45) is 0.242. The highest BCUT2D eigenvalue weighted by atomic mass is 35.5. The van der Waals surface area contributed by atoms with Crippen molar-refractivity contribution in [2.45, 2.75) is 20.0 Å². The van der Waals surface area contributed by atoms with Gasteiger partial charge in [-0.05, 0) is 12.1 Å². The van der Waals surface area contributed by atoms with Gasteiger partial charge in [-0.1, -0.05) is 30.1 Å². The molecular weight excluding hydrogens is 261 g/mol. The van der Waals surface area contributed by atoms with Crippen LogP contribution >= 0.6 is 23.2 Å². The van der Waals surface area contributed by atoms with Gasteiger partial charge in [-0.25, -0.2) is 0 Å². The summed E-state index contributed by atoms with van der Waals surface area (Å²) in [5.41, 5.74) is 0.201. The van der Waals surface area contributed by atoms with E-state index < -0.39 is 6.61 Å². The molecule has 0 aromatic heterocycles. The summed E-state index contributed by atoms with van der Waals surface area (Å²) in [7, 11) is 0.